The van der Waals surface area contributed by atoms with Crippen molar-refractivity contribution in [1.29, 1.82) is 0 Å². The van der Waals surface area contributed by atoms with Crippen LogP contribution in [0.25, 0.3) is 0 Å². The molecule has 2 rings (SSSR count). The molecule has 3 nitrogen and oxygen atoms in total. The number of ether oxygens (including phenoxy) is 1. The summed E-state index contributed by atoms with van der Waals surface area (Å²) in [5.74, 6) is 1.29. The van der Waals surface area contributed by atoms with Gasteiger partial charge < -0.3 is 14.8 Å². The maximum absolute atomic E-state index is 9.26. The maximum atomic E-state index is 9.26. The quantitative estimate of drug-likeness (QED) is 0.775. The summed E-state index contributed by atoms with van der Waals surface area (Å²) in [5.41, 5.74) is 0.450. The van der Waals surface area contributed by atoms with Gasteiger partial charge in [0.25, 0.3) is 0 Å². The van der Waals surface area contributed by atoms with Crippen molar-refractivity contribution >= 4 is 12.6 Å². The van der Waals surface area contributed by atoms with Crippen molar-refractivity contribution in [2.75, 3.05) is 0 Å². The van der Waals surface area contributed by atoms with Crippen LogP contribution in [0.2, 0.25) is 0 Å². The van der Waals surface area contributed by atoms with Gasteiger partial charge in [0, 0.05) is 5.46 Å². The van der Waals surface area contributed by atoms with Crippen molar-refractivity contribution < 1.29 is 14.8 Å². The highest BCUT2D eigenvalue weighted by Gasteiger charge is 2.23. The Balaban J connectivity index is 2.07. The van der Waals surface area contributed by atoms with Gasteiger partial charge in [-0.15, -0.1) is 0 Å². The molecule has 0 spiro atoms. The van der Waals surface area contributed by atoms with Crippen LogP contribution in [0.4, 0.5) is 0 Å². The van der Waals surface area contributed by atoms with Gasteiger partial charge in [0.15, 0.2) is 0 Å². The van der Waals surface area contributed by atoms with Crippen molar-refractivity contribution in [3.63, 3.8) is 0 Å². The smallest absolute Gasteiger partial charge is 0.491 e. The van der Waals surface area contributed by atoms with E-state index in [1.165, 1.54) is 12.8 Å². The molecule has 1 aliphatic rings. The normalized spacial score (nSPS) is 24.4. The first kappa shape index (κ1) is 12.5. The predicted octanol–water partition coefficient (Wildman–Crippen LogP) is 1.32. The Hall–Kier alpha value is -0.995. The minimum absolute atomic E-state index is 0.207. The fourth-order valence-electron chi connectivity index (χ4n) is 2.47. The Morgan fingerprint density at radius 3 is 2.71 bits per heavy atom. The largest absolute Gasteiger partial charge is 0.492 e. The Labute approximate surface area is 103 Å². The molecule has 1 fully saturated rings. The molecule has 0 aliphatic heterocycles. The zero-order valence-electron chi connectivity index (χ0n) is 10.2. The number of benzene rings is 1. The molecule has 0 saturated heterocycles. The van der Waals surface area contributed by atoms with Crippen LogP contribution in [0.3, 0.4) is 0 Å². The van der Waals surface area contributed by atoms with Crippen LogP contribution in [-0.4, -0.2) is 23.3 Å². The first-order valence-corrected chi connectivity index (χ1v) is 6.28. The molecule has 4 heteroatoms. The lowest BCUT2D eigenvalue weighted by Crippen LogP contribution is -2.34. The van der Waals surface area contributed by atoms with Crippen LogP contribution in [0.15, 0.2) is 24.3 Å². The van der Waals surface area contributed by atoms with E-state index in [9.17, 15) is 10.0 Å². The van der Waals surface area contributed by atoms with Gasteiger partial charge in [-0.1, -0.05) is 31.5 Å². The van der Waals surface area contributed by atoms with Gasteiger partial charge in [0.1, 0.15) is 5.75 Å². The fraction of sp³-hybridized carbons (Fsp3) is 0.538. The molecule has 1 aliphatic carbocycles. The van der Waals surface area contributed by atoms with Crippen LogP contribution in [0.1, 0.15) is 32.6 Å². The Morgan fingerprint density at radius 1 is 1.24 bits per heavy atom. The number of hydrogen-bond acceptors (Lipinski definition) is 3. The second kappa shape index (κ2) is 5.56. The second-order valence-corrected chi connectivity index (χ2v) is 4.92. The van der Waals surface area contributed by atoms with Gasteiger partial charge in [-0.05, 0) is 31.2 Å². The fourth-order valence-corrected chi connectivity index (χ4v) is 2.47. The molecule has 0 amide bonds. The lowest BCUT2D eigenvalue weighted by molar-refractivity contribution is 0.130. The maximum Gasteiger partial charge on any atom is 0.492 e. The molecule has 0 aromatic heterocycles. The molecular weight excluding hydrogens is 215 g/mol. The Morgan fingerprint density at radius 2 is 2.00 bits per heavy atom. The minimum Gasteiger partial charge on any atom is -0.491 e. The van der Waals surface area contributed by atoms with Crippen molar-refractivity contribution in [2.24, 2.45) is 5.92 Å². The van der Waals surface area contributed by atoms with E-state index in [2.05, 4.69) is 6.92 Å². The number of hydrogen-bond donors (Lipinski definition) is 2. The molecule has 1 aromatic carbocycles. The summed E-state index contributed by atoms with van der Waals surface area (Å²) in [7, 11) is -1.47. The van der Waals surface area contributed by atoms with Crippen LogP contribution >= 0.6 is 0 Å². The summed E-state index contributed by atoms with van der Waals surface area (Å²) in [6.45, 7) is 2.24. The van der Waals surface area contributed by atoms with Gasteiger partial charge in [-0.2, -0.15) is 0 Å². The highest BCUT2D eigenvalue weighted by Crippen LogP contribution is 2.26. The van der Waals surface area contributed by atoms with Gasteiger partial charge in [0.05, 0.1) is 6.10 Å². The standard InChI is InChI=1S/C13H19BO3/c1-10-5-4-6-11(9-10)17-13-8-3-2-7-12(13)14(15)16/h2-3,7-8,10-11,15-16H,4-6,9H2,1H3. The zero-order valence-corrected chi connectivity index (χ0v) is 10.2. The molecule has 2 atom stereocenters. The lowest BCUT2D eigenvalue weighted by atomic mass is 9.79. The van der Waals surface area contributed by atoms with Crippen molar-refractivity contribution in [2.45, 2.75) is 38.7 Å². The SMILES string of the molecule is CC1CCCC(Oc2ccccc2B(O)O)C1. The van der Waals surface area contributed by atoms with Gasteiger partial charge >= 0.3 is 7.12 Å². The van der Waals surface area contributed by atoms with E-state index in [0.29, 0.717) is 17.1 Å². The molecular formula is C13H19BO3. The predicted molar refractivity (Wildman–Crippen MR) is 68.3 cm³/mol. The molecule has 1 aromatic rings. The molecule has 0 heterocycles. The summed E-state index contributed by atoms with van der Waals surface area (Å²) >= 11 is 0. The van der Waals surface area contributed by atoms with Gasteiger partial charge in [-0.25, -0.2) is 0 Å². The second-order valence-electron chi connectivity index (χ2n) is 4.92. The van der Waals surface area contributed by atoms with Crippen LogP contribution in [0.5, 0.6) is 5.75 Å². The average Bonchev–Trinajstić information content (AvgIpc) is 2.29. The van der Waals surface area contributed by atoms with E-state index in [1.807, 2.05) is 6.07 Å². The third-order valence-corrected chi connectivity index (χ3v) is 3.38. The highest BCUT2D eigenvalue weighted by molar-refractivity contribution is 6.59. The summed E-state index contributed by atoms with van der Waals surface area (Å²) in [6.07, 6.45) is 4.77. The van der Waals surface area contributed by atoms with Gasteiger partial charge in [0.2, 0.25) is 0 Å². The highest BCUT2D eigenvalue weighted by atomic mass is 16.5. The van der Waals surface area contributed by atoms with E-state index < -0.39 is 7.12 Å². The third kappa shape index (κ3) is 3.24. The zero-order chi connectivity index (χ0) is 12.3. The average molecular weight is 234 g/mol. The van der Waals surface area contributed by atoms with E-state index in [1.54, 1.807) is 18.2 Å². The molecule has 0 bridgehead atoms. The van der Waals surface area contributed by atoms with Gasteiger partial charge in [-0.3, -0.25) is 0 Å². The molecule has 92 valence electrons. The number of rotatable bonds is 3. The van der Waals surface area contributed by atoms with Crippen molar-refractivity contribution in [1.82, 2.24) is 0 Å². The Bertz CT molecular complexity index is 367. The first-order chi connectivity index (χ1) is 8.16. The molecule has 0 radical (unpaired) electrons. The summed E-state index contributed by atoms with van der Waals surface area (Å²) in [5, 5.41) is 18.5. The molecule has 17 heavy (non-hydrogen) atoms. The van der Waals surface area contributed by atoms with Crippen LogP contribution < -0.4 is 10.2 Å². The number of para-hydroxylation sites is 1. The minimum atomic E-state index is -1.47. The summed E-state index contributed by atoms with van der Waals surface area (Å²) in [4.78, 5) is 0. The van der Waals surface area contributed by atoms with E-state index in [-0.39, 0.29) is 6.10 Å². The summed E-state index contributed by atoms with van der Waals surface area (Å²) < 4.78 is 5.90. The van der Waals surface area contributed by atoms with E-state index in [0.717, 1.165) is 12.8 Å². The molecule has 1 saturated carbocycles. The van der Waals surface area contributed by atoms with Crippen LogP contribution in [-0.2, 0) is 0 Å². The Kier molecular flexibility index (Phi) is 4.08. The summed E-state index contributed by atoms with van der Waals surface area (Å²) in [6, 6.07) is 7.12. The van der Waals surface area contributed by atoms with Crippen molar-refractivity contribution in [3.05, 3.63) is 24.3 Å². The topological polar surface area (TPSA) is 49.7 Å². The molecule has 2 unspecified atom stereocenters. The van der Waals surface area contributed by atoms with E-state index >= 15 is 0 Å². The van der Waals surface area contributed by atoms with E-state index in [4.69, 9.17) is 4.74 Å². The molecule has 2 N–H and O–H groups in total. The lowest BCUT2D eigenvalue weighted by Gasteiger charge is -2.28. The van der Waals surface area contributed by atoms with Crippen molar-refractivity contribution in [3.8, 4) is 5.75 Å². The monoisotopic (exact) mass is 234 g/mol. The first-order valence-electron chi connectivity index (χ1n) is 6.28. The van der Waals surface area contributed by atoms with Crippen LogP contribution in [0, 0.1) is 5.92 Å². The third-order valence-electron chi connectivity index (χ3n) is 3.38.